The highest BCUT2D eigenvalue weighted by Crippen LogP contribution is 2.28. The summed E-state index contributed by atoms with van der Waals surface area (Å²) >= 11 is 5.88. The summed E-state index contributed by atoms with van der Waals surface area (Å²) in [5, 5.41) is 0.758. The van der Waals surface area contributed by atoms with E-state index >= 15 is 0 Å². The predicted octanol–water partition coefficient (Wildman–Crippen LogP) is 4.21. The number of nitrogen functional groups attached to an aromatic ring is 1. The Morgan fingerprint density at radius 1 is 0.938 bits per heavy atom. The average Bonchev–Trinajstić information content (AvgIpc) is 2.25. The topological polar surface area (TPSA) is 26.0 Å². The van der Waals surface area contributed by atoms with Crippen LogP contribution in [0.25, 0.3) is 11.1 Å². The Morgan fingerprint density at radius 3 is 2.19 bits per heavy atom. The molecule has 2 N–H and O–H groups in total. The molecule has 16 heavy (non-hydrogen) atoms. The second-order valence-electron chi connectivity index (χ2n) is 4.03. The van der Waals surface area contributed by atoms with Gasteiger partial charge in [-0.15, -0.1) is 0 Å². The van der Waals surface area contributed by atoms with Crippen LogP contribution in [0.1, 0.15) is 11.1 Å². The van der Waals surface area contributed by atoms with E-state index in [0.29, 0.717) is 0 Å². The molecule has 1 nitrogen and oxygen atoms in total. The molecule has 2 aromatic carbocycles. The molecule has 0 saturated heterocycles. The average molecular weight is 232 g/mol. The van der Waals surface area contributed by atoms with Crippen LogP contribution in [-0.2, 0) is 0 Å². The van der Waals surface area contributed by atoms with Crippen LogP contribution in [0.5, 0.6) is 0 Å². The van der Waals surface area contributed by atoms with Gasteiger partial charge in [-0.1, -0.05) is 23.7 Å². The lowest BCUT2D eigenvalue weighted by atomic mass is 9.97. The zero-order chi connectivity index (χ0) is 11.7. The highest BCUT2D eigenvalue weighted by Gasteiger charge is 2.04. The van der Waals surface area contributed by atoms with Crippen LogP contribution in [0.3, 0.4) is 0 Å². The summed E-state index contributed by atoms with van der Waals surface area (Å²) in [6.45, 7) is 4.09. The summed E-state index contributed by atoms with van der Waals surface area (Å²) in [6, 6.07) is 12.0. The lowest BCUT2D eigenvalue weighted by Gasteiger charge is -2.09. The Balaban J connectivity index is 2.56. The maximum absolute atomic E-state index is 5.88. The molecule has 0 unspecified atom stereocenters. The molecule has 2 rings (SSSR count). The monoisotopic (exact) mass is 231 g/mol. The zero-order valence-electron chi connectivity index (χ0n) is 9.42. The molecule has 0 aliphatic carbocycles. The Morgan fingerprint density at radius 2 is 1.56 bits per heavy atom. The molecule has 0 spiro atoms. The SMILES string of the molecule is Cc1cc(-c2ccc(Cl)cc2)c(C)cc1N. The maximum Gasteiger partial charge on any atom is 0.0406 e. The Labute approximate surface area is 101 Å². The highest BCUT2D eigenvalue weighted by atomic mass is 35.5. The van der Waals surface area contributed by atoms with Crippen molar-refractivity contribution in [2.45, 2.75) is 13.8 Å². The third-order valence-corrected chi connectivity index (χ3v) is 3.02. The van der Waals surface area contributed by atoms with E-state index in [1.807, 2.05) is 37.3 Å². The van der Waals surface area contributed by atoms with E-state index in [9.17, 15) is 0 Å². The molecule has 0 aliphatic rings. The van der Waals surface area contributed by atoms with Gasteiger partial charge in [-0.25, -0.2) is 0 Å². The highest BCUT2D eigenvalue weighted by molar-refractivity contribution is 6.30. The molecule has 2 heteroatoms. The Kier molecular flexibility index (Phi) is 2.88. The molecule has 0 aromatic heterocycles. The van der Waals surface area contributed by atoms with Gasteiger partial charge in [-0.3, -0.25) is 0 Å². The Hall–Kier alpha value is -1.47. The van der Waals surface area contributed by atoms with Crippen LogP contribution in [0.15, 0.2) is 36.4 Å². The van der Waals surface area contributed by atoms with Crippen molar-refractivity contribution in [1.82, 2.24) is 0 Å². The van der Waals surface area contributed by atoms with Crippen LogP contribution in [0, 0.1) is 13.8 Å². The van der Waals surface area contributed by atoms with Crippen molar-refractivity contribution in [3.8, 4) is 11.1 Å². The number of aryl methyl sites for hydroxylation is 2. The molecule has 0 aliphatic heterocycles. The molecular weight excluding hydrogens is 218 g/mol. The third kappa shape index (κ3) is 2.05. The lowest BCUT2D eigenvalue weighted by molar-refractivity contribution is 1.39. The van der Waals surface area contributed by atoms with Gasteiger partial charge >= 0.3 is 0 Å². The minimum absolute atomic E-state index is 0.758. The molecular formula is C14H14ClN. The van der Waals surface area contributed by atoms with Crippen LogP contribution >= 0.6 is 11.6 Å². The molecule has 0 saturated carbocycles. The number of nitrogens with two attached hydrogens (primary N) is 1. The van der Waals surface area contributed by atoms with Crippen molar-refractivity contribution in [3.63, 3.8) is 0 Å². The predicted molar refractivity (Wildman–Crippen MR) is 70.8 cm³/mol. The number of benzene rings is 2. The standard InChI is InChI=1S/C14H14ClN/c1-9-8-14(16)10(2)7-13(9)11-3-5-12(15)6-4-11/h3-8H,16H2,1-2H3. The van der Waals surface area contributed by atoms with Crippen molar-refractivity contribution in [2.75, 3.05) is 5.73 Å². The minimum atomic E-state index is 0.758. The van der Waals surface area contributed by atoms with Gasteiger partial charge in [0.1, 0.15) is 0 Å². The zero-order valence-corrected chi connectivity index (χ0v) is 10.2. The van der Waals surface area contributed by atoms with E-state index in [2.05, 4.69) is 13.0 Å². The van der Waals surface area contributed by atoms with Gasteiger partial charge in [0.2, 0.25) is 0 Å². The Bertz CT molecular complexity index is 515. The van der Waals surface area contributed by atoms with Gasteiger partial charge in [0, 0.05) is 10.7 Å². The van der Waals surface area contributed by atoms with Crippen LogP contribution in [0.2, 0.25) is 5.02 Å². The smallest absolute Gasteiger partial charge is 0.0406 e. The van der Waals surface area contributed by atoms with E-state index in [1.165, 1.54) is 16.7 Å². The maximum atomic E-state index is 5.88. The van der Waals surface area contributed by atoms with E-state index in [4.69, 9.17) is 17.3 Å². The summed E-state index contributed by atoms with van der Waals surface area (Å²) < 4.78 is 0. The second-order valence-corrected chi connectivity index (χ2v) is 4.47. The first-order valence-corrected chi connectivity index (χ1v) is 5.58. The fourth-order valence-corrected chi connectivity index (χ4v) is 1.90. The van der Waals surface area contributed by atoms with Crippen LogP contribution < -0.4 is 5.73 Å². The van der Waals surface area contributed by atoms with Gasteiger partial charge in [-0.2, -0.15) is 0 Å². The first-order chi connectivity index (χ1) is 7.58. The number of halogens is 1. The number of hydrogen-bond donors (Lipinski definition) is 1. The van der Waals surface area contributed by atoms with E-state index < -0.39 is 0 Å². The largest absolute Gasteiger partial charge is 0.399 e. The van der Waals surface area contributed by atoms with Gasteiger partial charge in [0.15, 0.2) is 0 Å². The van der Waals surface area contributed by atoms with Crippen LogP contribution in [-0.4, -0.2) is 0 Å². The number of rotatable bonds is 1. The minimum Gasteiger partial charge on any atom is -0.399 e. The number of anilines is 1. The quantitative estimate of drug-likeness (QED) is 0.732. The molecule has 0 fully saturated rings. The molecule has 0 bridgehead atoms. The molecule has 0 radical (unpaired) electrons. The fraction of sp³-hybridized carbons (Fsp3) is 0.143. The van der Waals surface area contributed by atoms with Gasteiger partial charge in [-0.05, 0) is 60.4 Å². The molecule has 82 valence electrons. The molecule has 0 amide bonds. The van der Waals surface area contributed by atoms with Crippen molar-refractivity contribution in [3.05, 3.63) is 52.5 Å². The summed E-state index contributed by atoms with van der Waals surface area (Å²) in [5.41, 5.74) is 11.4. The van der Waals surface area contributed by atoms with Gasteiger partial charge < -0.3 is 5.73 Å². The van der Waals surface area contributed by atoms with Crippen molar-refractivity contribution in [2.24, 2.45) is 0 Å². The van der Waals surface area contributed by atoms with Crippen LogP contribution in [0.4, 0.5) is 5.69 Å². The first-order valence-electron chi connectivity index (χ1n) is 5.20. The molecule has 0 atom stereocenters. The van der Waals surface area contributed by atoms with Crippen molar-refractivity contribution in [1.29, 1.82) is 0 Å². The summed E-state index contributed by atoms with van der Waals surface area (Å²) in [6.07, 6.45) is 0. The second kappa shape index (κ2) is 4.18. The van der Waals surface area contributed by atoms with E-state index in [1.54, 1.807) is 0 Å². The first kappa shape index (κ1) is 11.0. The lowest BCUT2D eigenvalue weighted by Crippen LogP contribution is -1.92. The van der Waals surface area contributed by atoms with E-state index in [-0.39, 0.29) is 0 Å². The number of hydrogen-bond acceptors (Lipinski definition) is 1. The molecule has 2 aromatic rings. The van der Waals surface area contributed by atoms with Crippen molar-refractivity contribution >= 4 is 17.3 Å². The summed E-state index contributed by atoms with van der Waals surface area (Å²) in [5.74, 6) is 0. The summed E-state index contributed by atoms with van der Waals surface area (Å²) in [4.78, 5) is 0. The normalized spacial score (nSPS) is 10.4. The molecule has 0 heterocycles. The third-order valence-electron chi connectivity index (χ3n) is 2.77. The van der Waals surface area contributed by atoms with Gasteiger partial charge in [0.05, 0.1) is 0 Å². The summed E-state index contributed by atoms with van der Waals surface area (Å²) in [7, 11) is 0. The fourth-order valence-electron chi connectivity index (χ4n) is 1.78. The van der Waals surface area contributed by atoms with Gasteiger partial charge in [0.25, 0.3) is 0 Å². The van der Waals surface area contributed by atoms with E-state index in [0.717, 1.165) is 16.3 Å². The van der Waals surface area contributed by atoms with Crippen molar-refractivity contribution < 1.29 is 0 Å².